The summed E-state index contributed by atoms with van der Waals surface area (Å²) in [6.07, 6.45) is 0.357. The number of rotatable bonds is 2. The minimum absolute atomic E-state index is 0.0653. The van der Waals surface area contributed by atoms with Gasteiger partial charge in [0.15, 0.2) is 6.29 Å². The molecular formula is C25H26FN3O4. The van der Waals surface area contributed by atoms with Crippen LogP contribution in [0.4, 0.5) is 4.39 Å². The molecule has 2 aliphatic heterocycles. The number of benzene rings is 1. The van der Waals surface area contributed by atoms with Gasteiger partial charge in [-0.15, -0.1) is 0 Å². The van der Waals surface area contributed by atoms with Gasteiger partial charge in [0.25, 0.3) is 5.56 Å². The van der Waals surface area contributed by atoms with Crippen LogP contribution in [0.1, 0.15) is 59.2 Å². The van der Waals surface area contributed by atoms with E-state index in [1.54, 1.807) is 17.6 Å². The quantitative estimate of drug-likeness (QED) is 0.434. The van der Waals surface area contributed by atoms with E-state index in [0.29, 0.717) is 40.1 Å². The monoisotopic (exact) mass is 451 g/mol. The average Bonchev–Trinajstić information content (AvgIpc) is 3.18. The fourth-order valence-electron chi connectivity index (χ4n) is 5.96. The lowest BCUT2D eigenvalue weighted by molar-refractivity contribution is -0.236. The molecule has 2 aromatic heterocycles. The van der Waals surface area contributed by atoms with Gasteiger partial charge >= 0.3 is 0 Å². The number of nitrogens with one attached hydrogen (secondary N) is 1. The van der Waals surface area contributed by atoms with Crippen LogP contribution in [-0.2, 0) is 29.9 Å². The summed E-state index contributed by atoms with van der Waals surface area (Å²) in [5, 5.41) is 25.9. The van der Waals surface area contributed by atoms with Crippen molar-refractivity contribution in [2.45, 2.75) is 64.2 Å². The lowest BCUT2D eigenvalue weighted by atomic mass is 9.81. The highest BCUT2D eigenvalue weighted by atomic mass is 19.1. The van der Waals surface area contributed by atoms with Crippen LogP contribution in [0.3, 0.4) is 0 Å². The van der Waals surface area contributed by atoms with Crippen molar-refractivity contribution in [1.82, 2.24) is 14.9 Å². The Hall–Kier alpha value is -2.65. The Morgan fingerprint density at radius 2 is 2.12 bits per heavy atom. The number of hydrogen-bond acceptors (Lipinski definition) is 6. The molecule has 172 valence electrons. The van der Waals surface area contributed by atoms with Gasteiger partial charge in [0, 0.05) is 34.2 Å². The number of pyridine rings is 2. The van der Waals surface area contributed by atoms with E-state index in [4.69, 9.17) is 9.72 Å². The molecular weight excluding hydrogens is 425 g/mol. The predicted molar refractivity (Wildman–Crippen MR) is 120 cm³/mol. The van der Waals surface area contributed by atoms with Gasteiger partial charge in [-0.2, -0.15) is 0 Å². The zero-order valence-corrected chi connectivity index (χ0v) is 18.8. The number of aliphatic hydroxyl groups excluding tert-OH is 1. The molecule has 0 unspecified atom stereocenters. The molecule has 1 aromatic carbocycles. The van der Waals surface area contributed by atoms with Crippen molar-refractivity contribution in [2.24, 2.45) is 0 Å². The van der Waals surface area contributed by atoms with E-state index in [9.17, 15) is 19.4 Å². The number of ether oxygens (including phenoxy) is 1. The summed E-state index contributed by atoms with van der Waals surface area (Å²) in [6, 6.07) is 3.31. The molecule has 1 aliphatic carbocycles. The first-order chi connectivity index (χ1) is 15.8. The lowest BCUT2D eigenvalue weighted by Gasteiger charge is -2.37. The maximum atomic E-state index is 14.8. The molecule has 7 nitrogen and oxygen atoms in total. The highest BCUT2D eigenvalue weighted by Crippen LogP contribution is 2.46. The molecule has 0 radical (unpaired) electrons. The predicted octanol–water partition coefficient (Wildman–Crippen LogP) is 2.53. The average molecular weight is 451 g/mol. The first kappa shape index (κ1) is 20.9. The molecule has 33 heavy (non-hydrogen) atoms. The number of halogens is 1. The van der Waals surface area contributed by atoms with Gasteiger partial charge in [0.05, 0.1) is 30.1 Å². The van der Waals surface area contributed by atoms with Crippen LogP contribution < -0.4 is 10.9 Å². The van der Waals surface area contributed by atoms with E-state index < -0.39 is 11.9 Å². The largest absolute Gasteiger partial charge is 0.380 e. The summed E-state index contributed by atoms with van der Waals surface area (Å²) in [6.45, 7) is 3.84. The summed E-state index contributed by atoms with van der Waals surface area (Å²) in [4.78, 5) is 18.4. The summed E-state index contributed by atoms with van der Waals surface area (Å²) in [5.41, 5.74) is 4.26. The minimum atomic E-state index is -1.68. The molecule has 8 heteroatoms. The van der Waals surface area contributed by atoms with E-state index in [1.165, 1.54) is 6.07 Å². The van der Waals surface area contributed by atoms with Gasteiger partial charge < -0.3 is 24.8 Å². The molecule has 0 amide bonds. The first-order valence-electron chi connectivity index (χ1n) is 11.4. The van der Waals surface area contributed by atoms with E-state index in [1.807, 2.05) is 14.0 Å². The Kier molecular flexibility index (Phi) is 4.39. The van der Waals surface area contributed by atoms with Crippen LogP contribution in [-0.4, -0.2) is 33.1 Å². The van der Waals surface area contributed by atoms with E-state index in [0.717, 1.165) is 34.9 Å². The van der Waals surface area contributed by atoms with Crippen molar-refractivity contribution in [1.29, 1.82) is 0 Å². The van der Waals surface area contributed by atoms with Crippen molar-refractivity contribution in [3.05, 3.63) is 61.7 Å². The molecule has 0 saturated heterocycles. The second-order valence-corrected chi connectivity index (χ2v) is 9.34. The molecule has 0 fully saturated rings. The number of aryl methyl sites for hydroxylation is 1. The van der Waals surface area contributed by atoms with Crippen LogP contribution in [0.2, 0.25) is 0 Å². The van der Waals surface area contributed by atoms with Gasteiger partial charge in [-0.05, 0) is 56.0 Å². The molecule has 6 rings (SSSR count). The summed E-state index contributed by atoms with van der Waals surface area (Å²) in [7, 11) is 1.91. The molecule has 4 heterocycles. The van der Waals surface area contributed by atoms with Crippen LogP contribution in [0.5, 0.6) is 0 Å². The Bertz CT molecular complexity index is 1420. The van der Waals surface area contributed by atoms with Crippen LogP contribution in [0.25, 0.3) is 22.3 Å². The zero-order valence-electron chi connectivity index (χ0n) is 18.8. The van der Waals surface area contributed by atoms with Crippen LogP contribution in [0, 0.1) is 12.7 Å². The smallest absolute Gasteiger partial charge is 0.257 e. The second-order valence-electron chi connectivity index (χ2n) is 9.34. The second kappa shape index (κ2) is 6.93. The fourth-order valence-corrected chi connectivity index (χ4v) is 5.96. The van der Waals surface area contributed by atoms with Crippen molar-refractivity contribution in [3.63, 3.8) is 0 Å². The van der Waals surface area contributed by atoms with Gasteiger partial charge in [0.2, 0.25) is 0 Å². The maximum Gasteiger partial charge on any atom is 0.257 e. The third-order valence-corrected chi connectivity index (χ3v) is 7.88. The fraction of sp³-hybridized carbons (Fsp3) is 0.440. The third kappa shape index (κ3) is 2.57. The summed E-state index contributed by atoms with van der Waals surface area (Å²) >= 11 is 0. The SMILES string of the molecule is CC[C@]1(O)c2cc3n(c(=O)c2CO[C@H]1O)Cc1c-3nc2cc(F)c(C)c3c2c1[C@@H](NC)CC3. The molecule has 3 atom stereocenters. The lowest BCUT2D eigenvalue weighted by Crippen LogP contribution is -2.47. The maximum absolute atomic E-state index is 14.8. The van der Waals surface area contributed by atoms with Gasteiger partial charge in [0.1, 0.15) is 11.4 Å². The molecule has 3 aromatic rings. The Morgan fingerprint density at radius 3 is 2.85 bits per heavy atom. The summed E-state index contributed by atoms with van der Waals surface area (Å²) in [5.74, 6) is -0.278. The van der Waals surface area contributed by atoms with Crippen molar-refractivity contribution in [2.75, 3.05) is 7.05 Å². The van der Waals surface area contributed by atoms with E-state index in [2.05, 4.69) is 5.32 Å². The van der Waals surface area contributed by atoms with Crippen molar-refractivity contribution >= 4 is 10.9 Å². The molecule has 3 aliphatic rings. The normalized spacial score (nSPS) is 25.2. The number of fused-ring (bicyclic) bond motifs is 5. The molecule has 0 saturated carbocycles. The molecule has 0 spiro atoms. The van der Waals surface area contributed by atoms with Crippen LogP contribution >= 0.6 is 0 Å². The number of nitrogens with zero attached hydrogens (tertiary/aromatic N) is 2. The highest BCUT2D eigenvalue weighted by molar-refractivity contribution is 5.92. The number of hydrogen-bond donors (Lipinski definition) is 3. The van der Waals surface area contributed by atoms with Crippen molar-refractivity contribution in [3.8, 4) is 11.4 Å². The minimum Gasteiger partial charge on any atom is -0.380 e. The topological polar surface area (TPSA) is 96.6 Å². The summed E-state index contributed by atoms with van der Waals surface area (Å²) < 4.78 is 21.8. The number of aliphatic hydroxyl groups is 2. The Morgan fingerprint density at radius 1 is 1.33 bits per heavy atom. The van der Waals surface area contributed by atoms with Gasteiger partial charge in [-0.3, -0.25) is 4.79 Å². The van der Waals surface area contributed by atoms with Gasteiger partial charge in [-0.25, -0.2) is 9.37 Å². The van der Waals surface area contributed by atoms with E-state index in [-0.39, 0.29) is 30.4 Å². The third-order valence-electron chi connectivity index (χ3n) is 7.88. The molecule has 3 N–H and O–H groups in total. The van der Waals surface area contributed by atoms with Gasteiger partial charge in [-0.1, -0.05) is 6.92 Å². The van der Waals surface area contributed by atoms with Crippen molar-refractivity contribution < 1.29 is 19.3 Å². The standard InChI is InChI=1S/C25H26FN3O4/c1-4-25(32)15-7-19-22-13(9-29(19)23(30)14(15)10-33-24(25)31)21-17(27-3)6-5-12-11(2)16(26)8-18(28-22)20(12)21/h7-8,17,24,27,31-32H,4-6,9-10H2,1-3H3/t17-,24+,25-/m0/s1. The Balaban J connectivity index is 1.69. The first-order valence-corrected chi connectivity index (χ1v) is 11.4. The van der Waals surface area contributed by atoms with Crippen LogP contribution in [0.15, 0.2) is 16.9 Å². The zero-order chi connectivity index (χ0) is 23.2. The molecule has 0 bridgehead atoms. The van der Waals surface area contributed by atoms with E-state index >= 15 is 0 Å². The number of aromatic nitrogens is 2. The highest BCUT2D eigenvalue weighted by Gasteiger charge is 2.45. The Labute approximate surface area is 189 Å².